The van der Waals surface area contributed by atoms with E-state index in [1.807, 2.05) is 35.1 Å². The van der Waals surface area contributed by atoms with Gasteiger partial charge in [-0.3, -0.25) is 4.98 Å². The van der Waals surface area contributed by atoms with E-state index < -0.39 is 6.02 Å². The van der Waals surface area contributed by atoms with Gasteiger partial charge in [-0.2, -0.15) is 5.26 Å². The quantitative estimate of drug-likeness (QED) is 0.231. The van der Waals surface area contributed by atoms with Crippen molar-refractivity contribution in [2.45, 2.75) is 58.0 Å². The third-order valence-electron chi connectivity index (χ3n) is 7.56. The fourth-order valence-electron chi connectivity index (χ4n) is 5.21. The first-order valence-electron chi connectivity index (χ1n) is 13.8. The zero-order valence-electron chi connectivity index (χ0n) is 23.2. The van der Waals surface area contributed by atoms with Gasteiger partial charge in [0, 0.05) is 28.8 Å². The van der Waals surface area contributed by atoms with E-state index in [0.717, 1.165) is 12.8 Å². The maximum Gasteiger partial charge on any atom is 0.110 e. The lowest BCUT2D eigenvalue weighted by Gasteiger charge is -2.23. The number of benzene rings is 2. The van der Waals surface area contributed by atoms with Crippen molar-refractivity contribution in [1.29, 1.82) is 5.26 Å². The fraction of sp³-hybridized carbons (Fsp3) is 0.400. The van der Waals surface area contributed by atoms with Crippen LogP contribution in [0.15, 0.2) is 48.8 Å². The Kier molecular flexibility index (Phi) is 6.13. The molecule has 9 heteroatoms. The summed E-state index contributed by atoms with van der Waals surface area (Å²) in [5.74, 6) is 0.635. The lowest BCUT2D eigenvalue weighted by atomic mass is 9.96. The molecule has 0 saturated heterocycles. The van der Waals surface area contributed by atoms with E-state index in [0.29, 0.717) is 61.6 Å². The third kappa shape index (κ3) is 5.04. The number of halogens is 2. The molecule has 1 atom stereocenters. The Morgan fingerprint density at radius 2 is 1.97 bits per heavy atom. The number of anilines is 2. The molecular formula is C30H31Cl2N7. The predicted molar refractivity (Wildman–Crippen MR) is 156 cm³/mol. The maximum atomic E-state index is 9.84. The highest BCUT2D eigenvalue weighted by Gasteiger charge is 2.56. The molecule has 0 bridgehead atoms. The molecule has 7 nitrogen and oxygen atoms in total. The third-order valence-corrected chi connectivity index (χ3v) is 8.18. The summed E-state index contributed by atoms with van der Waals surface area (Å²) in [5, 5.41) is 27.2. The molecule has 39 heavy (non-hydrogen) atoms. The van der Waals surface area contributed by atoms with Gasteiger partial charge in [-0.1, -0.05) is 67.4 Å². The second-order valence-electron chi connectivity index (χ2n) is 11.8. The minimum atomic E-state index is -1.56. The standard InChI is InChI=1S/C30H31Cl2N7/c1-29(2,3)17-35-26-18(14-33)15-34-27-22(26)12-20(13-24(27)32)36-28(21-6-4-5-7-23(21)31)25-16-39(38-37-25)30(10-11-30)19-8-9-19/h4-7,12-13,15-16,19,28,36H,8-11,17H2,1-3H3,(H,34,35)/i28D. The summed E-state index contributed by atoms with van der Waals surface area (Å²) in [5.41, 5.74) is 3.23. The van der Waals surface area contributed by atoms with Crippen LogP contribution < -0.4 is 10.6 Å². The minimum absolute atomic E-state index is 0.0203. The molecule has 2 aliphatic carbocycles. The largest absolute Gasteiger partial charge is 0.383 e. The number of nitriles is 1. The molecule has 2 saturated carbocycles. The van der Waals surface area contributed by atoms with Gasteiger partial charge in [0.1, 0.15) is 11.8 Å². The number of hydrogen-bond donors (Lipinski definition) is 2. The van der Waals surface area contributed by atoms with Crippen LogP contribution in [0.3, 0.4) is 0 Å². The van der Waals surface area contributed by atoms with Gasteiger partial charge in [-0.05, 0) is 60.8 Å². The first-order chi connectivity index (χ1) is 19.0. The summed E-state index contributed by atoms with van der Waals surface area (Å²) < 4.78 is 11.7. The molecule has 0 amide bonds. The van der Waals surface area contributed by atoms with Crippen LogP contribution in [0.4, 0.5) is 11.4 Å². The molecule has 0 aliphatic heterocycles. The molecule has 6 rings (SSSR count). The zero-order chi connectivity index (χ0) is 28.3. The van der Waals surface area contributed by atoms with E-state index in [2.05, 4.69) is 52.8 Å². The molecule has 2 aromatic heterocycles. The summed E-state index contributed by atoms with van der Waals surface area (Å²) in [6, 6.07) is 11.6. The highest BCUT2D eigenvalue weighted by atomic mass is 35.5. The number of fused-ring (bicyclic) bond motifs is 1. The Morgan fingerprint density at radius 1 is 1.21 bits per heavy atom. The number of pyridine rings is 1. The Bertz CT molecular complexity index is 1650. The number of hydrogen-bond acceptors (Lipinski definition) is 6. The van der Waals surface area contributed by atoms with Gasteiger partial charge >= 0.3 is 0 Å². The van der Waals surface area contributed by atoms with Crippen LogP contribution in [-0.4, -0.2) is 26.5 Å². The normalized spacial score (nSPS) is 18.2. The van der Waals surface area contributed by atoms with Crippen molar-refractivity contribution < 1.29 is 1.37 Å². The highest BCUT2D eigenvalue weighted by molar-refractivity contribution is 6.36. The lowest BCUT2D eigenvalue weighted by Crippen LogP contribution is -2.20. The van der Waals surface area contributed by atoms with Crippen LogP contribution in [0, 0.1) is 22.7 Å². The second kappa shape index (κ2) is 9.69. The molecule has 0 spiro atoms. The molecule has 0 radical (unpaired) electrons. The Balaban J connectivity index is 1.46. The van der Waals surface area contributed by atoms with Crippen molar-refractivity contribution >= 4 is 45.5 Å². The Morgan fingerprint density at radius 3 is 2.64 bits per heavy atom. The van der Waals surface area contributed by atoms with E-state index in [-0.39, 0.29) is 11.0 Å². The zero-order valence-corrected chi connectivity index (χ0v) is 23.7. The minimum Gasteiger partial charge on any atom is -0.383 e. The van der Waals surface area contributed by atoms with Gasteiger partial charge in [-0.25, -0.2) is 4.68 Å². The van der Waals surface area contributed by atoms with E-state index in [1.54, 1.807) is 12.1 Å². The van der Waals surface area contributed by atoms with Crippen LogP contribution in [0.1, 0.15) is 70.7 Å². The topological polar surface area (TPSA) is 91.5 Å². The van der Waals surface area contributed by atoms with Crippen molar-refractivity contribution in [2.75, 3.05) is 17.2 Å². The molecule has 4 aromatic rings. The molecule has 2 aliphatic rings. The number of rotatable bonds is 8. The van der Waals surface area contributed by atoms with Gasteiger partial charge in [0.25, 0.3) is 0 Å². The van der Waals surface area contributed by atoms with Crippen LogP contribution in [-0.2, 0) is 5.54 Å². The molecule has 2 aromatic carbocycles. The first-order valence-corrected chi connectivity index (χ1v) is 14.0. The summed E-state index contributed by atoms with van der Waals surface area (Å²) in [6.45, 7) is 7.00. The van der Waals surface area contributed by atoms with Gasteiger partial charge in [-0.15, -0.1) is 5.10 Å². The molecule has 1 unspecified atom stereocenters. The molecule has 2 N–H and O–H groups in total. The summed E-state index contributed by atoms with van der Waals surface area (Å²) in [6.07, 6.45) is 8.03. The lowest BCUT2D eigenvalue weighted by molar-refractivity contribution is 0.371. The van der Waals surface area contributed by atoms with Gasteiger partial charge < -0.3 is 10.6 Å². The number of aromatic nitrogens is 4. The summed E-state index contributed by atoms with van der Waals surface area (Å²) in [7, 11) is 0. The van der Waals surface area contributed by atoms with Crippen molar-refractivity contribution in [3.05, 3.63) is 75.7 Å². The second-order valence-corrected chi connectivity index (χ2v) is 12.6. The van der Waals surface area contributed by atoms with E-state index >= 15 is 0 Å². The Hall–Kier alpha value is -3.34. The van der Waals surface area contributed by atoms with Crippen molar-refractivity contribution in [3.8, 4) is 6.07 Å². The maximum absolute atomic E-state index is 9.84. The van der Waals surface area contributed by atoms with Crippen molar-refractivity contribution in [1.82, 2.24) is 20.0 Å². The smallest absolute Gasteiger partial charge is 0.110 e. The SMILES string of the molecule is [2H]C(Nc1cc(Cl)c2ncc(C#N)c(NCC(C)(C)C)c2c1)(c1cn(C2(C3CC3)CC2)nn1)c1ccccc1Cl. The first kappa shape index (κ1) is 24.7. The highest BCUT2D eigenvalue weighted by Crippen LogP contribution is 2.59. The van der Waals surface area contributed by atoms with Gasteiger partial charge in [0.2, 0.25) is 0 Å². The van der Waals surface area contributed by atoms with Crippen LogP contribution >= 0.6 is 23.2 Å². The monoisotopic (exact) mass is 560 g/mol. The average Bonchev–Trinajstić information content (AvgIpc) is 3.84. The van der Waals surface area contributed by atoms with Gasteiger partial charge in [0.15, 0.2) is 0 Å². The fourth-order valence-corrected chi connectivity index (χ4v) is 5.71. The van der Waals surface area contributed by atoms with Crippen LogP contribution in [0.2, 0.25) is 10.0 Å². The van der Waals surface area contributed by atoms with E-state index in [1.165, 1.54) is 19.0 Å². The summed E-state index contributed by atoms with van der Waals surface area (Å²) >= 11 is 13.4. The van der Waals surface area contributed by atoms with Crippen molar-refractivity contribution in [2.24, 2.45) is 11.3 Å². The Labute approximate surface area is 239 Å². The predicted octanol–water partition coefficient (Wildman–Crippen LogP) is 7.56. The summed E-state index contributed by atoms with van der Waals surface area (Å²) in [4.78, 5) is 4.47. The molecule has 2 fully saturated rings. The van der Waals surface area contributed by atoms with Crippen LogP contribution in [0.25, 0.3) is 10.9 Å². The number of nitrogens with one attached hydrogen (secondary N) is 2. The van der Waals surface area contributed by atoms with E-state index in [4.69, 9.17) is 23.2 Å². The van der Waals surface area contributed by atoms with Crippen LogP contribution in [0.5, 0.6) is 0 Å². The van der Waals surface area contributed by atoms with Gasteiger partial charge in [0.05, 0.1) is 40.9 Å². The van der Waals surface area contributed by atoms with E-state index in [9.17, 15) is 6.63 Å². The number of nitrogens with zero attached hydrogens (tertiary/aromatic N) is 5. The average molecular weight is 562 g/mol. The molecule has 200 valence electrons. The van der Waals surface area contributed by atoms with Crippen molar-refractivity contribution in [3.63, 3.8) is 0 Å². The molecule has 2 heterocycles. The molecular weight excluding hydrogens is 529 g/mol.